The predicted octanol–water partition coefficient (Wildman–Crippen LogP) is 0.518. The number of hydrogen-bond acceptors (Lipinski definition) is 1. The lowest BCUT2D eigenvalue weighted by molar-refractivity contribution is 0.410. The maximum absolute atomic E-state index is 11.5. The van der Waals surface area contributed by atoms with Gasteiger partial charge in [-0.2, -0.15) is 0 Å². The lowest BCUT2D eigenvalue weighted by atomic mass is 9.99. The summed E-state index contributed by atoms with van der Waals surface area (Å²) in [5, 5.41) is 0. The molecule has 0 N–H and O–H groups in total. The molecule has 50 valence electrons. The molecule has 0 saturated heterocycles. The fraction of sp³-hybridized carbons (Fsp3) is 0.600. The Bertz CT molecular complexity index is 110. The van der Waals surface area contributed by atoms with Crippen LogP contribution in [0.2, 0.25) is 0 Å². The summed E-state index contributed by atoms with van der Waals surface area (Å²) in [6.45, 7) is 0.282. The number of halogens is 2. The van der Waals surface area contributed by atoms with Crippen LogP contribution in [0.15, 0.2) is 0 Å². The van der Waals surface area contributed by atoms with E-state index in [0.717, 1.165) is 0 Å². The average molecular weight is 131 g/mol. The van der Waals surface area contributed by atoms with Gasteiger partial charge in [0.05, 0.1) is 6.54 Å². The average Bonchev–Trinajstić information content (AvgIpc) is 1.63. The Morgan fingerprint density at radius 3 is 2.56 bits per heavy atom. The van der Waals surface area contributed by atoms with Crippen LogP contribution in [0.1, 0.15) is 0 Å². The van der Waals surface area contributed by atoms with E-state index in [1.807, 2.05) is 0 Å². The Hall–Kier alpha value is -0.555. The van der Waals surface area contributed by atoms with Gasteiger partial charge in [-0.3, -0.25) is 13.5 Å². The van der Waals surface area contributed by atoms with Gasteiger partial charge in [0.2, 0.25) is 0 Å². The summed E-state index contributed by atoms with van der Waals surface area (Å²) >= 11 is 0. The summed E-state index contributed by atoms with van der Waals surface area (Å²) in [5.41, 5.74) is 0. The lowest BCUT2D eigenvalue weighted by Crippen LogP contribution is -2.27. The Morgan fingerprint density at radius 1 is 1.67 bits per heavy atom. The summed E-state index contributed by atoms with van der Waals surface area (Å²) in [6.07, 6.45) is 4.62. The molecule has 0 fully saturated rings. The zero-order valence-corrected chi connectivity index (χ0v) is 5.27. The standard InChI is InChI=1S/C5H8BF2N/c1-3-4-9(2)5-6(7)8/h1H,4-5H2,2H3. The van der Waals surface area contributed by atoms with Gasteiger partial charge in [0, 0.05) is 6.44 Å². The van der Waals surface area contributed by atoms with Gasteiger partial charge in [-0.1, -0.05) is 5.92 Å². The maximum atomic E-state index is 11.5. The molecule has 1 nitrogen and oxygen atoms in total. The highest BCUT2D eigenvalue weighted by Crippen LogP contribution is 1.88. The quantitative estimate of drug-likeness (QED) is 0.398. The molecule has 0 aliphatic rings. The van der Waals surface area contributed by atoms with E-state index in [2.05, 4.69) is 5.92 Å². The van der Waals surface area contributed by atoms with E-state index in [9.17, 15) is 8.63 Å². The summed E-state index contributed by atoms with van der Waals surface area (Å²) in [6, 6.07) is 0. The molecule has 0 amide bonds. The molecule has 0 aliphatic heterocycles. The van der Waals surface area contributed by atoms with Crippen LogP contribution in [0.4, 0.5) is 8.63 Å². The van der Waals surface area contributed by atoms with Crippen molar-refractivity contribution >= 4 is 7.27 Å². The van der Waals surface area contributed by atoms with E-state index in [4.69, 9.17) is 6.42 Å². The fourth-order valence-electron chi connectivity index (χ4n) is 0.456. The third kappa shape index (κ3) is 5.31. The Kier molecular flexibility index (Phi) is 4.07. The highest BCUT2D eigenvalue weighted by Gasteiger charge is 2.13. The molecule has 9 heavy (non-hydrogen) atoms. The van der Waals surface area contributed by atoms with E-state index >= 15 is 0 Å². The first-order valence-corrected chi connectivity index (χ1v) is 2.57. The largest absolute Gasteiger partial charge is 0.551 e. The minimum Gasteiger partial charge on any atom is -0.297 e. The molecular formula is C5H8BF2N. The second-order valence-electron chi connectivity index (χ2n) is 1.79. The van der Waals surface area contributed by atoms with Crippen molar-refractivity contribution in [2.45, 2.75) is 0 Å². The van der Waals surface area contributed by atoms with Crippen molar-refractivity contribution in [3.63, 3.8) is 0 Å². The van der Waals surface area contributed by atoms with E-state index < -0.39 is 7.27 Å². The van der Waals surface area contributed by atoms with Crippen molar-refractivity contribution in [3.8, 4) is 12.3 Å². The first kappa shape index (κ1) is 8.44. The molecule has 0 atom stereocenters. The van der Waals surface area contributed by atoms with E-state index in [1.54, 1.807) is 7.05 Å². The molecule has 0 aliphatic carbocycles. The molecule has 0 aromatic heterocycles. The van der Waals surface area contributed by atoms with E-state index in [0.29, 0.717) is 0 Å². The molecule has 0 aromatic carbocycles. The SMILES string of the molecule is C#CCN(C)CB(F)F. The monoisotopic (exact) mass is 131 g/mol. The van der Waals surface area contributed by atoms with Crippen molar-refractivity contribution < 1.29 is 8.63 Å². The second kappa shape index (κ2) is 4.34. The zero-order chi connectivity index (χ0) is 7.28. The van der Waals surface area contributed by atoms with Gasteiger partial charge in [-0.15, -0.1) is 6.42 Å². The van der Waals surface area contributed by atoms with Gasteiger partial charge in [0.1, 0.15) is 0 Å². The molecule has 0 heterocycles. The minimum absolute atomic E-state index is 0.246. The van der Waals surface area contributed by atoms with Gasteiger partial charge < -0.3 is 0 Å². The minimum atomic E-state index is -2.29. The summed E-state index contributed by atoms with van der Waals surface area (Å²) < 4.78 is 23.0. The summed E-state index contributed by atoms with van der Waals surface area (Å²) in [5.74, 6) is 2.27. The van der Waals surface area contributed by atoms with Gasteiger partial charge in [-0.25, -0.2) is 0 Å². The topological polar surface area (TPSA) is 3.24 Å². The van der Waals surface area contributed by atoms with Crippen molar-refractivity contribution in [1.29, 1.82) is 0 Å². The number of nitrogens with zero attached hydrogens (tertiary/aromatic N) is 1. The van der Waals surface area contributed by atoms with Crippen molar-refractivity contribution in [2.75, 3.05) is 20.0 Å². The molecule has 0 spiro atoms. The van der Waals surface area contributed by atoms with Gasteiger partial charge in [0.25, 0.3) is 0 Å². The smallest absolute Gasteiger partial charge is 0.297 e. The molecular weight excluding hydrogens is 123 g/mol. The predicted molar refractivity (Wildman–Crippen MR) is 34.3 cm³/mol. The first-order chi connectivity index (χ1) is 4.16. The van der Waals surface area contributed by atoms with E-state index in [1.165, 1.54) is 4.90 Å². The third-order valence-corrected chi connectivity index (χ3v) is 0.811. The van der Waals surface area contributed by atoms with Crippen LogP contribution in [0.5, 0.6) is 0 Å². The molecule has 0 rings (SSSR count). The highest BCUT2D eigenvalue weighted by molar-refractivity contribution is 6.42. The van der Waals surface area contributed by atoms with E-state index in [-0.39, 0.29) is 13.0 Å². The lowest BCUT2D eigenvalue weighted by Gasteiger charge is -2.08. The molecule has 0 radical (unpaired) electrons. The second-order valence-corrected chi connectivity index (χ2v) is 1.79. The molecule has 4 heteroatoms. The third-order valence-electron chi connectivity index (χ3n) is 0.811. The van der Waals surface area contributed by atoms with Crippen molar-refractivity contribution in [1.82, 2.24) is 4.90 Å². The Balaban J connectivity index is 3.29. The van der Waals surface area contributed by atoms with Crippen molar-refractivity contribution in [3.05, 3.63) is 0 Å². The summed E-state index contributed by atoms with van der Waals surface area (Å²) in [7, 11) is -0.727. The van der Waals surface area contributed by atoms with Crippen LogP contribution < -0.4 is 0 Å². The Labute approximate surface area is 54.2 Å². The Morgan fingerprint density at radius 2 is 2.22 bits per heavy atom. The molecule has 0 unspecified atom stereocenters. The van der Waals surface area contributed by atoms with Gasteiger partial charge in [0.15, 0.2) is 0 Å². The number of rotatable bonds is 3. The van der Waals surface area contributed by atoms with Crippen LogP contribution in [0, 0.1) is 12.3 Å². The van der Waals surface area contributed by atoms with Crippen LogP contribution in [0.25, 0.3) is 0 Å². The van der Waals surface area contributed by atoms with Crippen LogP contribution in [0.3, 0.4) is 0 Å². The van der Waals surface area contributed by atoms with Crippen LogP contribution in [-0.2, 0) is 0 Å². The highest BCUT2D eigenvalue weighted by atomic mass is 19.2. The van der Waals surface area contributed by atoms with Gasteiger partial charge >= 0.3 is 7.27 Å². The summed E-state index contributed by atoms with van der Waals surface area (Å²) in [4.78, 5) is 1.39. The van der Waals surface area contributed by atoms with Crippen LogP contribution >= 0.6 is 0 Å². The molecule has 0 bridgehead atoms. The first-order valence-electron chi connectivity index (χ1n) is 2.57. The zero-order valence-electron chi connectivity index (χ0n) is 5.27. The fourth-order valence-corrected chi connectivity index (χ4v) is 0.456. The molecule has 0 aromatic rings. The number of terminal acetylenes is 1. The normalized spacial score (nSPS) is 9.22. The number of hydrogen-bond donors (Lipinski definition) is 0. The molecule has 0 saturated carbocycles. The maximum Gasteiger partial charge on any atom is 0.551 e. The van der Waals surface area contributed by atoms with Crippen LogP contribution in [-0.4, -0.2) is 32.2 Å². The van der Waals surface area contributed by atoms with Gasteiger partial charge in [-0.05, 0) is 7.05 Å². The van der Waals surface area contributed by atoms with Crippen molar-refractivity contribution in [2.24, 2.45) is 0 Å².